The van der Waals surface area contributed by atoms with Crippen LogP contribution in [-0.4, -0.2) is 35.5 Å². The lowest BCUT2D eigenvalue weighted by Crippen LogP contribution is -2.37. The van der Waals surface area contributed by atoms with Crippen LogP contribution in [0.1, 0.15) is 38.1 Å². The number of ketones is 3. The quantitative estimate of drug-likeness (QED) is 0.330. The van der Waals surface area contributed by atoms with Crippen molar-refractivity contribution in [2.75, 3.05) is 0 Å². The minimum absolute atomic E-state index is 0.0992. The molecule has 1 aromatic carbocycles. The Morgan fingerprint density at radius 1 is 1.00 bits per heavy atom. The topological polar surface area (TPSA) is 86.7 Å². The fourth-order valence-electron chi connectivity index (χ4n) is 4.31. The summed E-state index contributed by atoms with van der Waals surface area (Å²) in [5.74, 6) is -3.44. The zero-order valence-electron chi connectivity index (χ0n) is 17.2. The zero-order chi connectivity index (χ0) is 21.7. The summed E-state index contributed by atoms with van der Waals surface area (Å²) in [6.45, 7) is 7.09. The molecule has 0 saturated heterocycles. The highest BCUT2D eigenvalue weighted by molar-refractivity contribution is 6.29. The largest absolute Gasteiger partial charge is 0.497 e. The third-order valence-corrected chi connectivity index (χ3v) is 6.21. The van der Waals surface area contributed by atoms with Crippen LogP contribution in [-0.2, 0) is 23.9 Å². The summed E-state index contributed by atoms with van der Waals surface area (Å²) >= 11 is 0. The van der Waals surface area contributed by atoms with Gasteiger partial charge in [0.15, 0.2) is 17.7 Å². The number of carbonyl (C=O) groups excluding carboxylic acids is 4. The Bertz CT molecular complexity index is 1070. The van der Waals surface area contributed by atoms with Crippen LogP contribution in [0.25, 0.3) is 0 Å². The molecule has 1 aliphatic carbocycles. The summed E-state index contributed by atoms with van der Waals surface area (Å²) < 4.78 is 10.9. The predicted octanol–water partition coefficient (Wildman–Crippen LogP) is 3.13. The molecule has 2 heterocycles. The van der Waals surface area contributed by atoms with Crippen molar-refractivity contribution in [3.05, 3.63) is 70.0 Å². The molecule has 0 spiro atoms. The maximum absolute atomic E-state index is 13.2. The number of fused-ring (bicyclic) bond motifs is 2. The Kier molecular flexibility index (Phi) is 4.80. The molecule has 2 aliphatic heterocycles. The summed E-state index contributed by atoms with van der Waals surface area (Å²) in [7, 11) is 0. The van der Waals surface area contributed by atoms with Gasteiger partial charge in [0.2, 0.25) is 5.78 Å². The van der Waals surface area contributed by atoms with Gasteiger partial charge in [0.25, 0.3) is 0 Å². The molecule has 30 heavy (non-hydrogen) atoms. The van der Waals surface area contributed by atoms with E-state index in [9.17, 15) is 19.2 Å². The summed E-state index contributed by atoms with van der Waals surface area (Å²) in [5, 5.41) is 0. The van der Waals surface area contributed by atoms with Gasteiger partial charge in [-0.05, 0) is 31.9 Å². The average molecular weight is 406 g/mol. The molecule has 4 rings (SSSR count). The molecule has 6 heteroatoms. The van der Waals surface area contributed by atoms with E-state index in [1.54, 1.807) is 37.3 Å². The predicted molar refractivity (Wildman–Crippen MR) is 107 cm³/mol. The molecule has 1 aromatic rings. The highest BCUT2D eigenvalue weighted by Crippen LogP contribution is 2.45. The summed E-state index contributed by atoms with van der Waals surface area (Å²) in [6.07, 6.45) is 0.0896. The molecule has 0 aromatic heterocycles. The van der Waals surface area contributed by atoms with Gasteiger partial charge in [-0.2, -0.15) is 0 Å². The van der Waals surface area contributed by atoms with Gasteiger partial charge in [-0.15, -0.1) is 0 Å². The van der Waals surface area contributed by atoms with Crippen LogP contribution in [0.4, 0.5) is 0 Å². The maximum atomic E-state index is 13.2. The lowest BCUT2D eigenvalue weighted by molar-refractivity contribution is -0.146. The van der Waals surface area contributed by atoms with Crippen LogP contribution < -0.4 is 0 Å². The first kappa shape index (κ1) is 20.0. The number of rotatable bonds is 4. The van der Waals surface area contributed by atoms with Crippen molar-refractivity contribution in [3.63, 3.8) is 0 Å². The van der Waals surface area contributed by atoms with Crippen molar-refractivity contribution in [2.45, 2.75) is 39.9 Å². The van der Waals surface area contributed by atoms with Crippen molar-refractivity contribution in [2.24, 2.45) is 11.8 Å². The van der Waals surface area contributed by atoms with E-state index in [4.69, 9.17) is 9.47 Å². The van der Waals surface area contributed by atoms with E-state index in [0.29, 0.717) is 16.7 Å². The van der Waals surface area contributed by atoms with Gasteiger partial charge in [-0.3, -0.25) is 14.4 Å². The number of Topliss-reactive ketones (excluding diaryl/α,β-unsaturated/α-hetero) is 3. The fraction of sp³-hybridized carbons (Fsp3) is 0.333. The van der Waals surface area contributed by atoms with E-state index >= 15 is 0 Å². The van der Waals surface area contributed by atoms with E-state index in [2.05, 4.69) is 0 Å². The highest BCUT2D eigenvalue weighted by Gasteiger charge is 2.50. The van der Waals surface area contributed by atoms with E-state index in [0.717, 1.165) is 5.57 Å². The Hall–Kier alpha value is -3.28. The lowest BCUT2D eigenvalue weighted by atomic mass is 9.73. The Morgan fingerprint density at radius 2 is 1.67 bits per heavy atom. The standard InChI is InChI=1S/C24H22O6/c1-11-14(4)29-10-16-17(11)12(2)18-19(24(28)30-23(18)22(16)27)21(26)13(3)20(25)15-8-6-5-7-9-15/h5-11,13-14,23H,1-4H3. The fourth-order valence-corrected chi connectivity index (χ4v) is 4.31. The Morgan fingerprint density at radius 3 is 2.33 bits per heavy atom. The molecule has 4 unspecified atom stereocenters. The molecular weight excluding hydrogens is 384 g/mol. The first-order chi connectivity index (χ1) is 14.2. The number of hydrogen-bond donors (Lipinski definition) is 0. The first-order valence-corrected chi connectivity index (χ1v) is 9.94. The number of hydrogen-bond acceptors (Lipinski definition) is 6. The molecule has 0 radical (unpaired) electrons. The van der Waals surface area contributed by atoms with Gasteiger partial charge in [-0.1, -0.05) is 37.3 Å². The van der Waals surface area contributed by atoms with Crippen LogP contribution in [0.2, 0.25) is 0 Å². The number of benzene rings is 1. The SMILES string of the molecule is CC1=C2C(=COC(C)C2C)C(=O)C2OC(=O)C(C(=O)C(C)C(=O)c3ccccc3)=C12. The second-order valence-corrected chi connectivity index (χ2v) is 7.95. The Balaban J connectivity index is 1.81. The molecule has 0 N–H and O–H groups in total. The monoisotopic (exact) mass is 406 g/mol. The van der Waals surface area contributed by atoms with E-state index in [-0.39, 0.29) is 29.0 Å². The third-order valence-electron chi connectivity index (χ3n) is 6.21. The lowest BCUT2D eigenvalue weighted by Gasteiger charge is -2.35. The first-order valence-electron chi connectivity index (χ1n) is 9.94. The minimum Gasteiger partial charge on any atom is -0.497 e. The average Bonchev–Trinajstić information content (AvgIpc) is 3.10. The van der Waals surface area contributed by atoms with Crippen LogP contribution in [0.3, 0.4) is 0 Å². The molecule has 0 fully saturated rings. The van der Waals surface area contributed by atoms with Crippen LogP contribution in [0.15, 0.2) is 64.5 Å². The van der Waals surface area contributed by atoms with E-state index in [1.165, 1.54) is 13.2 Å². The summed E-state index contributed by atoms with van der Waals surface area (Å²) in [4.78, 5) is 51.7. The molecule has 6 nitrogen and oxygen atoms in total. The van der Waals surface area contributed by atoms with Crippen molar-refractivity contribution in [1.29, 1.82) is 0 Å². The number of carbonyl (C=O) groups is 4. The third kappa shape index (κ3) is 2.86. The van der Waals surface area contributed by atoms with Crippen molar-refractivity contribution < 1.29 is 28.7 Å². The Labute approximate surface area is 174 Å². The van der Waals surface area contributed by atoms with Gasteiger partial charge >= 0.3 is 5.97 Å². The van der Waals surface area contributed by atoms with Gasteiger partial charge in [0.05, 0.1) is 17.8 Å². The normalized spacial score (nSPS) is 26.4. The van der Waals surface area contributed by atoms with Crippen molar-refractivity contribution >= 4 is 23.3 Å². The minimum atomic E-state index is -1.17. The van der Waals surface area contributed by atoms with E-state index < -0.39 is 29.6 Å². The second kappa shape index (κ2) is 7.20. The molecular formula is C24H22O6. The zero-order valence-corrected chi connectivity index (χ0v) is 17.2. The van der Waals surface area contributed by atoms with Gasteiger partial charge in [-0.25, -0.2) is 4.79 Å². The van der Waals surface area contributed by atoms with Gasteiger partial charge in [0, 0.05) is 17.1 Å². The molecule has 154 valence electrons. The molecule has 0 bridgehead atoms. The van der Waals surface area contributed by atoms with E-state index in [1.807, 2.05) is 13.8 Å². The van der Waals surface area contributed by atoms with Crippen LogP contribution >= 0.6 is 0 Å². The van der Waals surface area contributed by atoms with Crippen LogP contribution in [0.5, 0.6) is 0 Å². The number of esters is 1. The highest BCUT2D eigenvalue weighted by atomic mass is 16.6. The van der Waals surface area contributed by atoms with Crippen molar-refractivity contribution in [1.82, 2.24) is 0 Å². The molecule has 0 amide bonds. The van der Waals surface area contributed by atoms with Gasteiger partial charge in [0.1, 0.15) is 11.7 Å². The summed E-state index contributed by atoms with van der Waals surface area (Å²) in [5.41, 5.74) is 2.29. The van der Waals surface area contributed by atoms with Gasteiger partial charge < -0.3 is 9.47 Å². The summed E-state index contributed by atoms with van der Waals surface area (Å²) in [6, 6.07) is 8.44. The van der Waals surface area contributed by atoms with Crippen LogP contribution in [0, 0.1) is 11.8 Å². The maximum Gasteiger partial charge on any atom is 0.343 e. The van der Waals surface area contributed by atoms with Crippen molar-refractivity contribution in [3.8, 4) is 0 Å². The number of ether oxygens (including phenoxy) is 2. The smallest absolute Gasteiger partial charge is 0.343 e. The molecule has 4 atom stereocenters. The second-order valence-electron chi connectivity index (χ2n) is 7.95. The molecule has 0 saturated carbocycles. The molecule has 3 aliphatic rings.